The average molecular weight is 491 g/mol. The summed E-state index contributed by atoms with van der Waals surface area (Å²) < 4.78 is 17.3. The Kier molecular flexibility index (Phi) is 10.3. The van der Waals surface area contributed by atoms with Gasteiger partial charge in [0.25, 0.3) is 0 Å². The van der Waals surface area contributed by atoms with Crippen LogP contribution in [0.25, 0.3) is 0 Å². The molecular weight excluding hydrogens is 448 g/mol. The lowest BCUT2D eigenvalue weighted by molar-refractivity contribution is -0.208. The second-order valence-electron chi connectivity index (χ2n) is 9.96. The van der Waals surface area contributed by atoms with Gasteiger partial charge in [-0.1, -0.05) is 13.8 Å². The molecular formula is C23H42N2O7S. The number of aliphatic hydroxyl groups excluding tert-OH is 3. The smallest absolute Gasteiger partial charge is 0.240 e. The van der Waals surface area contributed by atoms with Gasteiger partial charge in [0.15, 0.2) is 0 Å². The van der Waals surface area contributed by atoms with E-state index in [1.807, 2.05) is 13.8 Å². The van der Waals surface area contributed by atoms with Crippen molar-refractivity contribution in [2.45, 2.75) is 87.6 Å². The van der Waals surface area contributed by atoms with E-state index in [2.05, 4.69) is 10.6 Å². The molecule has 0 saturated carbocycles. The summed E-state index contributed by atoms with van der Waals surface area (Å²) in [5.74, 6) is 0.610. The predicted molar refractivity (Wildman–Crippen MR) is 126 cm³/mol. The number of hydrogen-bond donors (Lipinski definition) is 5. The van der Waals surface area contributed by atoms with Gasteiger partial charge in [0.2, 0.25) is 5.91 Å². The van der Waals surface area contributed by atoms with Crippen LogP contribution in [-0.4, -0.2) is 102 Å². The minimum absolute atomic E-state index is 0.0593. The summed E-state index contributed by atoms with van der Waals surface area (Å²) in [5.41, 5.74) is -0.680. The van der Waals surface area contributed by atoms with Crippen LogP contribution >= 0.6 is 11.8 Å². The van der Waals surface area contributed by atoms with Crippen molar-refractivity contribution < 1.29 is 34.3 Å². The molecule has 10 heteroatoms. The van der Waals surface area contributed by atoms with Crippen molar-refractivity contribution in [3.8, 4) is 0 Å². The molecule has 3 aliphatic heterocycles. The highest BCUT2D eigenvalue weighted by atomic mass is 32.2. The number of rotatable bonds is 9. The zero-order valence-corrected chi connectivity index (χ0v) is 21.0. The molecule has 3 saturated heterocycles. The van der Waals surface area contributed by atoms with Crippen LogP contribution in [0, 0.1) is 17.8 Å². The first-order valence-electron chi connectivity index (χ1n) is 12.1. The monoisotopic (exact) mass is 490 g/mol. The summed E-state index contributed by atoms with van der Waals surface area (Å²) >= 11 is 1.26. The summed E-state index contributed by atoms with van der Waals surface area (Å²) in [7, 11) is 1.72. The molecule has 33 heavy (non-hydrogen) atoms. The summed E-state index contributed by atoms with van der Waals surface area (Å²) in [6, 6.07) is -1.00. The Labute approximate surface area is 201 Å². The van der Waals surface area contributed by atoms with Gasteiger partial charge in [-0.3, -0.25) is 4.79 Å². The molecule has 5 N–H and O–H groups in total. The Morgan fingerprint density at radius 3 is 2.67 bits per heavy atom. The molecule has 192 valence electrons. The predicted octanol–water partition coefficient (Wildman–Crippen LogP) is 0.108. The van der Waals surface area contributed by atoms with Crippen LogP contribution in [0.1, 0.15) is 39.5 Å². The minimum Gasteiger partial charge on any atom is -0.388 e. The number of amides is 1. The molecule has 3 aliphatic rings. The van der Waals surface area contributed by atoms with Crippen LogP contribution in [0.15, 0.2) is 0 Å². The number of methoxy groups -OCH3 is 1. The number of nitrogens with one attached hydrogen (secondary N) is 2. The third-order valence-corrected chi connectivity index (χ3v) is 8.18. The lowest BCUT2D eigenvalue weighted by atomic mass is 9.86. The number of carbonyl (C=O) groups excluding carboxylic acids is 1. The van der Waals surface area contributed by atoms with Crippen molar-refractivity contribution in [2.75, 3.05) is 33.1 Å². The third kappa shape index (κ3) is 6.41. The molecule has 1 amide bonds. The number of carbonyl (C=O) groups is 1. The van der Waals surface area contributed by atoms with Crippen LogP contribution in [0.2, 0.25) is 0 Å². The van der Waals surface area contributed by atoms with E-state index in [4.69, 9.17) is 14.2 Å². The van der Waals surface area contributed by atoms with Crippen molar-refractivity contribution in [1.29, 1.82) is 0 Å². The minimum atomic E-state index is -1.34. The van der Waals surface area contributed by atoms with E-state index in [1.165, 1.54) is 11.8 Å². The summed E-state index contributed by atoms with van der Waals surface area (Å²) in [5, 5.41) is 37.5. The van der Waals surface area contributed by atoms with Crippen LogP contribution in [0.3, 0.4) is 0 Å². The first kappa shape index (κ1) is 27.1. The second kappa shape index (κ2) is 12.5. The molecule has 0 aromatic carbocycles. The second-order valence-corrected chi connectivity index (χ2v) is 10.9. The normalized spacial score (nSPS) is 40.3. The zero-order chi connectivity index (χ0) is 24.1. The number of thioether (sulfide) groups is 1. The van der Waals surface area contributed by atoms with Gasteiger partial charge in [-0.2, -0.15) is 0 Å². The van der Waals surface area contributed by atoms with Crippen LogP contribution < -0.4 is 10.6 Å². The van der Waals surface area contributed by atoms with Gasteiger partial charge in [-0.25, -0.2) is 0 Å². The SMILES string of the molecule is COCCC[C@@H]1CCO[C@@H]2[C@H](CN[C@@H]2C(=O)N[C@H](C(C)C)[C@H]2OC(SC)[C@H](O)C(O)C2O)C1. The van der Waals surface area contributed by atoms with E-state index in [9.17, 15) is 20.1 Å². The number of fused-ring (bicyclic) bond motifs is 1. The maximum absolute atomic E-state index is 13.3. The first-order chi connectivity index (χ1) is 15.8. The molecule has 0 spiro atoms. The Morgan fingerprint density at radius 2 is 2.00 bits per heavy atom. The number of hydrogen-bond acceptors (Lipinski definition) is 9. The summed E-state index contributed by atoms with van der Waals surface area (Å²) in [4.78, 5) is 13.3. The Hall–Kier alpha value is -0.460. The maximum Gasteiger partial charge on any atom is 0.240 e. The highest BCUT2D eigenvalue weighted by Crippen LogP contribution is 2.34. The molecule has 0 aromatic rings. The van der Waals surface area contributed by atoms with Crippen molar-refractivity contribution in [1.82, 2.24) is 10.6 Å². The van der Waals surface area contributed by atoms with E-state index in [1.54, 1.807) is 13.4 Å². The van der Waals surface area contributed by atoms with Gasteiger partial charge in [-0.05, 0) is 49.7 Å². The zero-order valence-electron chi connectivity index (χ0n) is 20.2. The molecule has 3 unspecified atom stereocenters. The standard InChI is InChI=1S/C23H42N2O7S/c1-12(2)15(21-18(27)17(26)19(28)23(32-21)33-4)25-22(29)16-20-14(11-24-16)10-13(7-9-31-20)6-5-8-30-3/h12-21,23-24,26-28H,5-11H2,1-4H3,(H,25,29)/t13-,14+,15-,16+,17?,18?,19-,20-,21-,23?/m1/s1. The topological polar surface area (TPSA) is 130 Å². The van der Waals surface area contributed by atoms with Gasteiger partial charge >= 0.3 is 0 Å². The molecule has 3 fully saturated rings. The molecule has 9 nitrogen and oxygen atoms in total. The number of aliphatic hydroxyl groups is 3. The number of ether oxygens (including phenoxy) is 3. The van der Waals surface area contributed by atoms with Gasteiger partial charge in [0, 0.05) is 26.9 Å². The third-order valence-electron chi connectivity index (χ3n) is 7.33. The molecule has 0 aromatic heterocycles. The van der Waals surface area contributed by atoms with E-state index in [-0.39, 0.29) is 23.8 Å². The van der Waals surface area contributed by atoms with E-state index in [0.29, 0.717) is 12.5 Å². The maximum atomic E-state index is 13.3. The largest absolute Gasteiger partial charge is 0.388 e. The summed E-state index contributed by atoms with van der Waals surface area (Å²) in [6.45, 7) is 6.01. The molecule has 0 radical (unpaired) electrons. The molecule has 0 aliphatic carbocycles. The highest BCUT2D eigenvalue weighted by molar-refractivity contribution is 7.99. The van der Waals surface area contributed by atoms with Crippen molar-refractivity contribution in [3.05, 3.63) is 0 Å². The van der Waals surface area contributed by atoms with Gasteiger partial charge in [-0.15, -0.1) is 11.8 Å². The van der Waals surface area contributed by atoms with Crippen molar-refractivity contribution in [3.63, 3.8) is 0 Å². The van der Waals surface area contributed by atoms with Crippen molar-refractivity contribution in [2.24, 2.45) is 17.8 Å². The fraction of sp³-hybridized carbons (Fsp3) is 0.957. The molecule has 10 atom stereocenters. The van der Waals surface area contributed by atoms with E-state index < -0.39 is 41.9 Å². The quantitative estimate of drug-likeness (QED) is 0.286. The van der Waals surface area contributed by atoms with E-state index >= 15 is 0 Å². The fourth-order valence-electron chi connectivity index (χ4n) is 5.42. The highest BCUT2D eigenvalue weighted by Gasteiger charge is 2.49. The van der Waals surface area contributed by atoms with Crippen LogP contribution in [0.5, 0.6) is 0 Å². The van der Waals surface area contributed by atoms with Crippen molar-refractivity contribution >= 4 is 17.7 Å². The fourth-order valence-corrected chi connectivity index (χ4v) is 6.10. The lowest BCUT2D eigenvalue weighted by Gasteiger charge is -2.44. The van der Waals surface area contributed by atoms with Gasteiger partial charge < -0.3 is 40.2 Å². The van der Waals surface area contributed by atoms with E-state index in [0.717, 1.165) is 38.8 Å². The Balaban J connectivity index is 1.64. The van der Waals surface area contributed by atoms with Crippen LogP contribution in [-0.2, 0) is 19.0 Å². The van der Waals surface area contributed by atoms with Gasteiger partial charge in [0.1, 0.15) is 35.9 Å². The lowest BCUT2D eigenvalue weighted by Crippen LogP contribution is -2.65. The molecule has 0 bridgehead atoms. The summed E-state index contributed by atoms with van der Waals surface area (Å²) in [6.07, 6.45) is 1.09. The van der Waals surface area contributed by atoms with Gasteiger partial charge in [0.05, 0.1) is 12.1 Å². The molecule has 3 rings (SSSR count). The average Bonchev–Trinajstić information content (AvgIpc) is 3.07. The Morgan fingerprint density at radius 1 is 1.24 bits per heavy atom. The molecule has 3 heterocycles. The Bertz CT molecular complexity index is 626. The first-order valence-corrected chi connectivity index (χ1v) is 13.4. The van der Waals surface area contributed by atoms with Crippen LogP contribution in [0.4, 0.5) is 0 Å².